The van der Waals surface area contributed by atoms with E-state index in [1.54, 1.807) is 0 Å². The highest BCUT2D eigenvalue weighted by Gasteiger charge is 2.17. The highest BCUT2D eigenvalue weighted by atomic mass is 35.5. The third-order valence-electron chi connectivity index (χ3n) is 4.23. The number of fused-ring (bicyclic) bond motifs is 1. The van der Waals surface area contributed by atoms with Crippen molar-refractivity contribution in [1.29, 1.82) is 0 Å². The molecule has 1 N–H and O–H groups in total. The summed E-state index contributed by atoms with van der Waals surface area (Å²) in [5.74, 6) is -0.154. The minimum absolute atomic E-state index is 0.0558. The number of aromatic nitrogens is 4. The van der Waals surface area contributed by atoms with Gasteiger partial charge in [-0.15, -0.1) is 0 Å². The fourth-order valence-electron chi connectivity index (χ4n) is 2.77. The first-order chi connectivity index (χ1) is 12.9. The topological polar surface area (TPSA) is 98.9 Å². The average Bonchev–Trinajstić information content (AvgIpc) is 2.69. The maximum atomic E-state index is 12.8. The summed E-state index contributed by atoms with van der Waals surface area (Å²) in [5.41, 5.74) is 0.194. The Morgan fingerprint density at radius 3 is 2.56 bits per heavy atom. The Morgan fingerprint density at radius 2 is 1.89 bits per heavy atom. The lowest BCUT2D eigenvalue weighted by Crippen LogP contribution is -2.40. The molecule has 0 bridgehead atoms. The first-order valence-corrected chi connectivity index (χ1v) is 8.75. The Morgan fingerprint density at radius 1 is 1.19 bits per heavy atom. The Hall–Kier alpha value is -3.00. The van der Waals surface area contributed by atoms with Crippen molar-refractivity contribution in [2.75, 3.05) is 7.05 Å². The molecule has 0 fully saturated rings. The molecule has 0 aliphatic heterocycles. The van der Waals surface area contributed by atoms with E-state index in [0.29, 0.717) is 12.1 Å². The van der Waals surface area contributed by atoms with Gasteiger partial charge in [0.25, 0.3) is 5.56 Å². The number of hydrogen-bond donors (Lipinski definition) is 1. The zero-order valence-electron chi connectivity index (χ0n) is 14.9. The molecule has 2 aromatic heterocycles. The summed E-state index contributed by atoms with van der Waals surface area (Å²) >= 11 is 6.25. The number of nitrogens with zero attached hydrogens (tertiary/aromatic N) is 4. The highest BCUT2D eigenvalue weighted by molar-refractivity contribution is 6.32. The second kappa shape index (κ2) is 7.71. The van der Waals surface area contributed by atoms with Crippen LogP contribution in [-0.2, 0) is 18.4 Å². The van der Waals surface area contributed by atoms with Crippen molar-refractivity contribution < 1.29 is 4.79 Å². The normalized spacial score (nSPS) is 10.9. The lowest BCUT2D eigenvalue weighted by molar-refractivity contribution is -0.120. The van der Waals surface area contributed by atoms with Gasteiger partial charge < -0.3 is 5.32 Å². The molecule has 0 radical (unpaired) electrons. The van der Waals surface area contributed by atoms with Crippen LogP contribution in [0.2, 0.25) is 5.15 Å². The van der Waals surface area contributed by atoms with E-state index in [-0.39, 0.29) is 35.2 Å². The average molecular weight is 388 g/mol. The zero-order chi connectivity index (χ0) is 19.6. The molecule has 3 rings (SSSR count). The smallest absolute Gasteiger partial charge is 0.332 e. The summed E-state index contributed by atoms with van der Waals surface area (Å²) in [6.45, 7) is 0.111. The molecular weight excluding hydrogens is 370 g/mol. The van der Waals surface area contributed by atoms with Crippen molar-refractivity contribution in [2.45, 2.75) is 19.4 Å². The summed E-state index contributed by atoms with van der Waals surface area (Å²) < 4.78 is 2.31. The second-order valence-electron chi connectivity index (χ2n) is 5.98. The molecule has 0 saturated carbocycles. The SMILES string of the molecule is CNC(=O)CCCn1c(=O)c2nc(-c3ccccc3)c(Cl)nc2n(C)c1=O. The first-order valence-electron chi connectivity index (χ1n) is 8.37. The van der Waals surface area contributed by atoms with Crippen LogP contribution in [0.3, 0.4) is 0 Å². The molecule has 0 unspecified atom stereocenters. The largest absolute Gasteiger partial charge is 0.359 e. The molecule has 0 saturated heterocycles. The summed E-state index contributed by atoms with van der Waals surface area (Å²) in [6, 6.07) is 9.14. The van der Waals surface area contributed by atoms with Gasteiger partial charge >= 0.3 is 5.69 Å². The van der Waals surface area contributed by atoms with E-state index in [1.165, 1.54) is 18.7 Å². The van der Waals surface area contributed by atoms with Gasteiger partial charge in [0.2, 0.25) is 5.91 Å². The monoisotopic (exact) mass is 387 g/mol. The summed E-state index contributed by atoms with van der Waals surface area (Å²) in [7, 11) is 3.04. The summed E-state index contributed by atoms with van der Waals surface area (Å²) in [4.78, 5) is 45.4. The quantitative estimate of drug-likeness (QED) is 0.712. The molecule has 27 heavy (non-hydrogen) atoms. The van der Waals surface area contributed by atoms with E-state index in [2.05, 4.69) is 15.3 Å². The van der Waals surface area contributed by atoms with Crippen LogP contribution in [-0.4, -0.2) is 32.1 Å². The van der Waals surface area contributed by atoms with Gasteiger partial charge in [-0.3, -0.25) is 18.7 Å². The van der Waals surface area contributed by atoms with E-state index < -0.39 is 11.2 Å². The fraction of sp³-hybridized carbons (Fsp3) is 0.278. The molecule has 8 nitrogen and oxygen atoms in total. The molecule has 0 spiro atoms. The van der Waals surface area contributed by atoms with Gasteiger partial charge in [0, 0.05) is 32.6 Å². The number of aryl methyl sites for hydroxylation is 1. The second-order valence-corrected chi connectivity index (χ2v) is 6.33. The molecule has 0 aliphatic carbocycles. The summed E-state index contributed by atoms with van der Waals surface area (Å²) in [5, 5.41) is 2.62. The number of carbonyl (C=O) groups is 1. The van der Waals surface area contributed by atoms with Gasteiger partial charge in [0.1, 0.15) is 5.69 Å². The van der Waals surface area contributed by atoms with Crippen molar-refractivity contribution in [1.82, 2.24) is 24.4 Å². The van der Waals surface area contributed by atoms with Crippen LogP contribution in [0.5, 0.6) is 0 Å². The van der Waals surface area contributed by atoms with Gasteiger partial charge in [-0.05, 0) is 6.42 Å². The third kappa shape index (κ3) is 3.61. The molecule has 1 aromatic carbocycles. The van der Waals surface area contributed by atoms with Crippen LogP contribution in [0.4, 0.5) is 0 Å². The molecule has 2 heterocycles. The van der Waals surface area contributed by atoms with E-state index >= 15 is 0 Å². The number of rotatable bonds is 5. The van der Waals surface area contributed by atoms with Crippen molar-refractivity contribution in [3.05, 3.63) is 56.3 Å². The molecule has 1 amide bonds. The van der Waals surface area contributed by atoms with Gasteiger partial charge in [-0.2, -0.15) is 0 Å². The molecule has 9 heteroatoms. The summed E-state index contributed by atoms with van der Waals surface area (Å²) in [6.07, 6.45) is 0.568. The van der Waals surface area contributed by atoms with Crippen LogP contribution < -0.4 is 16.6 Å². The van der Waals surface area contributed by atoms with Crippen LogP contribution in [0.25, 0.3) is 22.4 Å². The van der Waals surface area contributed by atoms with Crippen LogP contribution >= 0.6 is 11.6 Å². The lowest BCUT2D eigenvalue weighted by atomic mass is 10.1. The number of halogens is 1. The van der Waals surface area contributed by atoms with E-state index in [4.69, 9.17) is 11.6 Å². The molecule has 0 aliphatic rings. The molecule has 0 atom stereocenters. The number of nitrogens with one attached hydrogen (secondary N) is 1. The Bertz CT molecular complexity index is 1120. The lowest BCUT2D eigenvalue weighted by Gasteiger charge is -2.11. The molecule has 3 aromatic rings. The van der Waals surface area contributed by atoms with Crippen molar-refractivity contribution in [3.63, 3.8) is 0 Å². The van der Waals surface area contributed by atoms with E-state index in [0.717, 1.165) is 10.1 Å². The van der Waals surface area contributed by atoms with Gasteiger partial charge in [0.05, 0.1) is 0 Å². The van der Waals surface area contributed by atoms with Crippen LogP contribution in [0.1, 0.15) is 12.8 Å². The number of benzene rings is 1. The Balaban J connectivity index is 2.14. The third-order valence-corrected chi connectivity index (χ3v) is 4.49. The predicted octanol–water partition coefficient (Wildman–Crippen LogP) is 1.34. The molecular formula is C18H18ClN5O3. The molecule has 140 valence electrons. The van der Waals surface area contributed by atoms with Crippen LogP contribution in [0, 0.1) is 0 Å². The van der Waals surface area contributed by atoms with E-state index in [1.807, 2.05) is 30.3 Å². The minimum atomic E-state index is -0.550. The predicted molar refractivity (Wildman–Crippen MR) is 103 cm³/mol. The maximum Gasteiger partial charge on any atom is 0.332 e. The minimum Gasteiger partial charge on any atom is -0.359 e. The fourth-order valence-corrected chi connectivity index (χ4v) is 3.00. The Kier molecular flexibility index (Phi) is 5.36. The number of amides is 1. The van der Waals surface area contributed by atoms with Gasteiger partial charge in [0.15, 0.2) is 16.3 Å². The number of hydrogen-bond acceptors (Lipinski definition) is 5. The first kappa shape index (κ1) is 18.8. The standard InChI is InChI=1S/C18H18ClN5O3/c1-20-12(25)9-6-10-24-17(26)14-16(23(2)18(24)27)22-15(19)13(21-14)11-7-4-3-5-8-11/h3-5,7-8H,6,9-10H2,1-2H3,(H,20,25). The van der Waals surface area contributed by atoms with Crippen molar-refractivity contribution >= 4 is 28.7 Å². The van der Waals surface area contributed by atoms with Gasteiger partial charge in [-0.25, -0.2) is 14.8 Å². The van der Waals surface area contributed by atoms with E-state index in [9.17, 15) is 14.4 Å². The maximum absolute atomic E-state index is 12.8. The number of carbonyl (C=O) groups excluding carboxylic acids is 1. The van der Waals surface area contributed by atoms with Gasteiger partial charge in [-0.1, -0.05) is 41.9 Å². The highest BCUT2D eigenvalue weighted by Crippen LogP contribution is 2.25. The zero-order valence-corrected chi connectivity index (χ0v) is 15.7. The van der Waals surface area contributed by atoms with Crippen LogP contribution in [0.15, 0.2) is 39.9 Å². The van der Waals surface area contributed by atoms with Crippen molar-refractivity contribution in [2.24, 2.45) is 7.05 Å². The van der Waals surface area contributed by atoms with Crippen molar-refractivity contribution in [3.8, 4) is 11.3 Å². The Labute approximate surface area is 159 Å².